The summed E-state index contributed by atoms with van der Waals surface area (Å²) in [6.07, 6.45) is 2.14. The van der Waals surface area contributed by atoms with Gasteiger partial charge in [-0.05, 0) is 18.9 Å². The Kier molecular flexibility index (Phi) is 8.30. The predicted octanol–water partition coefficient (Wildman–Crippen LogP) is 1.67. The van der Waals surface area contributed by atoms with Gasteiger partial charge in [-0.25, -0.2) is 4.99 Å². The molecule has 3 N–H and O–H groups in total. The molecule has 26 heavy (non-hydrogen) atoms. The molecule has 1 atom stereocenters. The van der Waals surface area contributed by atoms with Gasteiger partial charge in [-0.2, -0.15) is 0 Å². The third-order valence-electron chi connectivity index (χ3n) is 4.42. The van der Waals surface area contributed by atoms with Gasteiger partial charge in [0.1, 0.15) is 12.4 Å². The van der Waals surface area contributed by atoms with Crippen molar-refractivity contribution in [1.82, 2.24) is 25.4 Å². The number of aliphatic imine (C=N–C) groups is 1. The topological polar surface area (TPSA) is 87.4 Å². The molecule has 142 valence electrons. The number of guanidine groups is 1. The molecule has 0 saturated carbocycles. The Morgan fingerprint density at radius 3 is 2.81 bits per heavy atom. The Morgan fingerprint density at radius 1 is 1.27 bits per heavy atom. The maximum Gasteiger partial charge on any atom is 0.191 e. The lowest BCUT2D eigenvalue weighted by Crippen LogP contribution is -2.40. The smallest absolute Gasteiger partial charge is 0.191 e. The molecule has 1 unspecified atom stereocenters. The van der Waals surface area contributed by atoms with E-state index >= 15 is 0 Å². The molecule has 0 radical (unpaired) electrons. The van der Waals surface area contributed by atoms with Crippen molar-refractivity contribution < 1.29 is 5.11 Å². The minimum atomic E-state index is 0. The molecular formula is C18H27IN6O. The SMILES string of the molecule is CCNC(=NCc1nnc2n1CCC2)NCC(CO)c1ccccc1.I. The first-order valence-electron chi connectivity index (χ1n) is 8.90. The lowest BCUT2D eigenvalue weighted by Gasteiger charge is -2.18. The molecule has 1 aliphatic heterocycles. The van der Waals surface area contributed by atoms with Crippen LogP contribution in [-0.2, 0) is 19.5 Å². The van der Waals surface area contributed by atoms with Gasteiger partial charge in [0, 0.05) is 32.0 Å². The Hall–Kier alpha value is -1.68. The van der Waals surface area contributed by atoms with E-state index in [4.69, 9.17) is 0 Å². The fourth-order valence-electron chi connectivity index (χ4n) is 3.05. The predicted molar refractivity (Wildman–Crippen MR) is 113 cm³/mol. The molecule has 7 nitrogen and oxygen atoms in total. The standard InChI is InChI=1S/C18H26N6O.HI/c1-2-19-18(20-11-15(13-25)14-7-4-3-5-8-14)21-12-17-23-22-16-9-6-10-24(16)17;/h3-5,7-8,15,25H,2,6,9-13H2,1H3,(H2,19,20,21);1H. The van der Waals surface area contributed by atoms with Crippen LogP contribution in [0, 0.1) is 0 Å². The van der Waals surface area contributed by atoms with Crippen molar-refractivity contribution in [3.8, 4) is 0 Å². The number of fused-ring (bicyclic) bond motifs is 1. The molecular weight excluding hydrogens is 443 g/mol. The highest BCUT2D eigenvalue weighted by Gasteiger charge is 2.17. The molecule has 3 rings (SSSR count). The van der Waals surface area contributed by atoms with Crippen LogP contribution in [0.3, 0.4) is 0 Å². The average Bonchev–Trinajstić information content (AvgIpc) is 3.25. The second-order valence-corrected chi connectivity index (χ2v) is 6.15. The van der Waals surface area contributed by atoms with E-state index in [9.17, 15) is 5.11 Å². The summed E-state index contributed by atoms with van der Waals surface area (Å²) in [7, 11) is 0. The first kappa shape index (κ1) is 20.6. The molecule has 0 amide bonds. The number of aryl methyl sites for hydroxylation is 1. The van der Waals surface area contributed by atoms with Gasteiger partial charge in [-0.15, -0.1) is 34.2 Å². The zero-order valence-corrected chi connectivity index (χ0v) is 17.4. The maximum atomic E-state index is 9.69. The van der Waals surface area contributed by atoms with Gasteiger partial charge in [0.2, 0.25) is 0 Å². The number of rotatable bonds is 7. The fraction of sp³-hybridized carbons (Fsp3) is 0.500. The summed E-state index contributed by atoms with van der Waals surface area (Å²) in [4.78, 5) is 4.62. The Morgan fingerprint density at radius 2 is 2.08 bits per heavy atom. The molecule has 1 aliphatic rings. The first-order chi connectivity index (χ1) is 12.3. The summed E-state index contributed by atoms with van der Waals surface area (Å²) in [6, 6.07) is 10.0. The molecule has 8 heteroatoms. The van der Waals surface area contributed by atoms with Crippen LogP contribution >= 0.6 is 24.0 Å². The fourth-order valence-corrected chi connectivity index (χ4v) is 3.05. The highest BCUT2D eigenvalue weighted by Crippen LogP contribution is 2.15. The summed E-state index contributed by atoms with van der Waals surface area (Å²) in [5.74, 6) is 2.73. The van der Waals surface area contributed by atoms with Crippen LogP contribution in [0.1, 0.15) is 36.5 Å². The molecule has 0 fully saturated rings. The van der Waals surface area contributed by atoms with Gasteiger partial charge in [0.15, 0.2) is 11.8 Å². The van der Waals surface area contributed by atoms with Gasteiger partial charge < -0.3 is 20.3 Å². The summed E-state index contributed by atoms with van der Waals surface area (Å²) < 4.78 is 2.16. The number of aromatic nitrogens is 3. The summed E-state index contributed by atoms with van der Waals surface area (Å²) in [5.41, 5.74) is 1.11. The summed E-state index contributed by atoms with van der Waals surface area (Å²) in [5, 5.41) is 24.7. The number of hydrogen-bond donors (Lipinski definition) is 3. The van der Waals surface area contributed by atoms with Gasteiger partial charge in [-0.1, -0.05) is 30.3 Å². The Balaban J connectivity index is 0.00000243. The lowest BCUT2D eigenvalue weighted by atomic mass is 10.0. The number of nitrogens with one attached hydrogen (secondary N) is 2. The molecule has 0 aliphatic carbocycles. The minimum absolute atomic E-state index is 0. The normalized spacial score (nSPS) is 14.5. The minimum Gasteiger partial charge on any atom is -0.396 e. The second kappa shape index (κ2) is 10.5. The van der Waals surface area contributed by atoms with Crippen molar-refractivity contribution in [2.24, 2.45) is 4.99 Å². The van der Waals surface area contributed by atoms with E-state index < -0.39 is 0 Å². The van der Waals surface area contributed by atoms with Crippen LogP contribution < -0.4 is 10.6 Å². The van der Waals surface area contributed by atoms with Crippen LogP contribution in [0.5, 0.6) is 0 Å². The summed E-state index contributed by atoms with van der Waals surface area (Å²) in [6.45, 7) is 5.00. The van der Waals surface area contributed by atoms with Crippen molar-refractivity contribution in [2.45, 2.75) is 38.8 Å². The first-order valence-corrected chi connectivity index (χ1v) is 8.90. The van der Waals surface area contributed by atoms with E-state index in [0.29, 0.717) is 13.1 Å². The maximum absolute atomic E-state index is 9.69. The number of aliphatic hydroxyl groups excluding tert-OH is 1. The molecule has 2 heterocycles. The van der Waals surface area contributed by atoms with Gasteiger partial charge in [-0.3, -0.25) is 0 Å². The monoisotopic (exact) mass is 470 g/mol. The molecule has 0 bridgehead atoms. The average molecular weight is 470 g/mol. The van der Waals surface area contributed by atoms with E-state index in [-0.39, 0.29) is 36.5 Å². The Labute approximate surface area is 171 Å². The van der Waals surface area contributed by atoms with Crippen molar-refractivity contribution in [3.63, 3.8) is 0 Å². The molecule has 1 aromatic carbocycles. The van der Waals surface area contributed by atoms with E-state index in [1.807, 2.05) is 37.3 Å². The van der Waals surface area contributed by atoms with Crippen LogP contribution in [0.25, 0.3) is 0 Å². The van der Waals surface area contributed by atoms with Crippen molar-refractivity contribution >= 4 is 29.9 Å². The van der Waals surface area contributed by atoms with Gasteiger partial charge >= 0.3 is 0 Å². The highest BCUT2D eigenvalue weighted by molar-refractivity contribution is 14.0. The van der Waals surface area contributed by atoms with Crippen molar-refractivity contribution in [2.75, 3.05) is 19.7 Å². The third-order valence-corrected chi connectivity index (χ3v) is 4.42. The van der Waals surface area contributed by atoms with Crippen LogP contribution in [0.4, 0.5) is 0 Å². The molecule has 1 aromatic heterocycles. The van der Waals surface area contributed by atoms with E-state index in [1.165, 1.54) is 0 Å². The zero-order valence-electron chi connectivity index (χ0n) is 15.1. The molecule has 0 saturated heterocycles. The van der Waals surface area contributed by atoms with Crippen LogP contribution in [-0.4, -0.2) is 45.5 Å². The quantitative estimate of drug-likeness (QED) is 0.326. The number of aliphatic hydroxyl groups is 1. The van der Waals surface area contributed by atoms with Gasteiger partial charge in [0.05, 0.1) is 6.61 Å². The second-order valence-electron chi connectivity index (χ2n) is 6.15. The van der Waals surface area contributed by atoms with Crippen LogP contribution in [0.15, 0.2) is 35.3 Å². The van der Waals surface area contributed by atoms with Gasteiger partial charge in [0.25, 0.3) is 0 Å². The van der Waals surface area contributed by atoms with E-state index in [0.717, 1.165) is 49.1 Å². The third kappa shape index (κ3) is 5.16. The van der Waals surface area contributed by atoms with E-state index in [2.05, 4.69) is 30.4 Å². The zero-order chi connectivity index (χ0) is 17.5. The number of benzene rings is 1. The highest BCUT2D eigenvalue weighted by atomic mass is 127. The number of halogens is 1. The largest absolute Gasteiger partial charge is 0.396 e. The number of hydrogen-bond acceptors (Lipinski definition) is 4. The molecule has 0 spiro atoms. The van der Waals surface area contributed by atoms with Crippen molar-refractivity contribution in [3.05, 3.63) is 47.5 Å². The Bertz CT molecular complexity index is 703. The van der Waals surface area contributed by atoms with E-state index in [1.54, 1.807) is 0 Å². The molecule has 2 aromatic rings. The number of nitrogens with zero attached hydrogens (tertiary/aromatic N) is 4. The van der Waals surface area contributed by atoms with Crippen molar-refractivity contribution in [1.29, 1.82) is 0 Å². The van der Waals surface area contributed by atoms with Crippen LogP contribution in [0.2, 0.25) is 0 Å². The summed E-state index contributed by atoms with van der Waals surface area (Å²) >= 11 is 0. The lowest BCUT2D eigenvalue weighted by molar-refractivity contribution is 0.265.